The van der Waals surface area contributed by atoms with E-state index in [9.17, 15) is 9.18 Å². The number of aryl methyl sites for hydroxylation is 2. The standard InChI is InChI=1S/C20H25FN2O2/c1-14-9-10-17(21)13-18(14)22-20(24)16(3)23(4)11-12-25-19-8-6-5-7-15(19)2/h5-10,13,16H,11-12H2,1-4H3,(H,22,24). The highest BCUT2D eigenvalue weighted by atomic mass is 19.1. The third-order valence-electron chi connectivity index (χ3n) is 4.29. The van der Waals surface area contributed by atoms with E-state index in [1.54, 1.807) is 6.07 Å². The molecule has 0 aromatic heterocycles. The molecule has 0 bridgehead atoms. The number of ether oxygens (including phenoxy) is 1. The van der Waals surface area contributed by atoms with Gasteiger partial charge in [-0.05, 0) is 57.1 Å². The molecule has 0 aliphatic rings. The predicted molar refractivity (Wildman–Crippen MR) is 98.5 cm³/mol. The van der Waals surface area contributed by atoms with E-state index >= 15 is 0 Å². The Labute approximate surface area is 148 Å². The summed E-state index contributed by atoms with van der Waals surface area (Å²) in [5.41, 5.74) is 2.41. The molecule has 0 fully saturated rings. The SMILES string of the molecule is Cc1ccc(F)cc1NC(=O)C(C)N(C)CCOc1ccccc1C. The zero-order valence-corrected chi connectivity index (χ0v) is 15.2. The molecule has 2 rings (SSSR count). The summed E-state index contributed by atoms with van der Waals surface area (Å²) in [5.74, 6) is 0.309. The van der Waals surface area contributed by atoms with Gasteiger partial charge in [0.1, 0.15) is 18.2 Å². The summed E-state index contributed by atoms with van der Waals surface area (Å²) in [5, 5.41) is 2.79. The van der Waals surface area contributed by atoms with Crippen molar-refractivity contribution in [1.82, 2.24) is 4.90 Å². The number of hydrogen-bond acceptors (Lipinski definition) is 3. The lowest BCUT2D eigenvalue weighted by Crippen LogP contribution is -2.41. The van der Waals surface area contributed by atoms with Crippen molar-refractivity contribution in [1.29, 1.82) is 0 Å². The van der Waals surface area contributed by atoms with Crippen LogP contribution in [0, 0.1) is 19.7 Å². The van der Waals surface area contributed by atoms with Gasteiger partial charge >= 0.3 is 0 Å². The highest BCUT2D eigenvalue weighted by Gasteiger charge is 2.19. The quantitative estimate of drug-likeness (QED) is 0.831. The van der Waals surface area contributed by atoms with Crippen molar-refractivity contribution < 1.29 is 13.9 Å². The van der Waals surface area contributed by atoms with E-state index in [-0.39, 0.29) is 17.8 Å². The number of amides is 1. The highest BCUT2D eigenvalue weighted by Crippen LogP contribution is 2.17. The largest absolute Gasteiger partial charge is 0.492 e. The summed E-state index contributed by atoms with van der Waals surface area (Å²) in [4.78, 5) is 14.3. The molecule has 0 aliphatic carbocycles. The lowest BCUT2D eigenvalue weighted by Gasteiger charge is -2.24. The Kier molecular flexibility index (Phi) is 6.53. The summed E-state index contributed by atoms with van der Waals surface area (Å²) in [7, 11) is 1.86. The monoisotopic (exact) mass is 344 g/mol. The average Bonchev–Trinajstić information content (AvgIpc) is 2.59. The summed E-state index contributed by atoms with van der Waals surface area (Å²) in [6.45, 7) is 6.73. The Hall–Kier alpha value is -2.40. The molecule has 1 amide bonds. The molecule has 4 nitrogen and oxygen atoms in total. The molecule has 0 radical (unpaired) electrons. The van der Waals surface area contributed by atoms with Crippen molar-refractivity contribution in [3.05, 3.63) is 59.4 Å². The van der Waals surface area contributed by atoms with E-state index in [4.69, 9.17) is 4.74 Å². The molecule has 2 aromatic rings. The van der Waals surface area contributed by atoms with Crippen LogP contribution in [-0.2, 0) is 4.79 Å². The molecule has 0 saturated carbocycles. The third-order valence-corrected chi connectivity index (χ3v) is 4.29. The van der Waals surface area contributed by atoms with Crippen LogP contribution < -0.4 is 10.1 Å². The predicted octanol–water partition coefficient (Wildman–Crippen LogP) is 3.78. The first kappa shape index (κ1) is 18.9. The maximum atomic E-state index is 13.3. The lowest BCUT2D eigenvalue weighted by molar-refractivity contribution is -0.120. The number of hydrogen-bond donors (Lipinski definition) is 1. The van der Waals surface area contributed by atoms with Crippen LogP contribution in [0.15, 0.2) is 42.5 Å². The molecule has 1 unspecified atom stereocenters. The topological polar surface area (TPSA) is 41.6 Å². The fourth-order valence-electron chi connectivity index (χ4n) is 2.38. The van der Waals surface area contributed by atoms with Gasteiger partial charge in [-0.1, -0.05) is 24.3 Å². The molecular formula is C20H25FN2O2. The Morgan fingerprint density at radius 2 is 1.92 bits per heavy atom. The van der Waals surface area contributed by atoms with E-state index in [1.165, 1.54) is 12.1 Å². The van der Waals surface area contributed by atoms with Crippen LogP contribution in [-0.4, -0.2) is 37.0 Å². The van der Waals surface area contributed by atoms with Gasteiger partial charge < -0.3 is 10.1 Å². The van der Waals surface area contributed by atoms with Crippen molar-refractivity contribution in [3.63, 3.8) is 0 Å². The second-order valence-corrected chi connectivity index (χ2v) is 6.22. The normalized spacial score (nSPS) is 12.1. The number of nitrogens with one attached hydrogen (secondary N) is 1. The Morgan fingerprint density at radius 3 is 2.64 bits per heavy atom. The molecule has 25 heavy (non-hydrogen) atoms. The maximum Gasteiger partial charge on any atom is 0.241 e. The summed E-state index contributed by atoms with van der Waals surface area (Å²) in [6.07, 6.45) is 0. The first-order chi connectivity index (χ1) is 11.9. The Balaban J connectivity index is 1.86. The zero-order chi connectivity index (χ0) is 18.4. The number of para-hydroxylation sites is 1. The smallest absolute Gasteiger partial charge is 0.241 e. The molecule has 0 aliphatic heterocycles. The summed E-state index contributed by atoms with van der Waals surface area (Å²) >= 11 is 0. The van der Waals surface area contributed by atoms with Crippen molar-refractivity contribution in [2.75, 3.05) is 25.5 Å². The van der Waals surface area contributed by atoms with E-state index in [0.717, 1.165) is 16.9 Å². The van der Waals surface area contributed by atoms with Crippen LogP contribution in [0.4, 0.5) is 10.1 Å². The van der Waals surface area contributed by atoms with Crippen LogP contribution in [0.25, 0.3) is 0 Å². The van der Waals surface area contributed by atoms with Crippen LogP contribution in [0.5, 0.6) is 5.75 Å². The number of anilines is 1. The van der Waals surface area contributed by atoms with Crippen LogP contribution in [0.2, 0.25) is 0 Å². The average molecular weight is 344 g/mol. The van der Waals surface area contributed by atoms with Gasteiger partial charge in [0, 0.05) is 12.2 Å². The van der Waals surface area contributed by atoms with E-state index < -0.39 is 0 Å². The number of likely N-dealkylation sites (N-methyl/N-ethyl adjacent to an activating group) is 1. The molecule has 1 atom stereocenters. The van der Waals surface area contributed by atoms with Gasteiger partial charge in [0.05, 0.1) is 6.04 Å². The van der Waals surface area contributed by atoms with Gasteiger partial charge in [-0.2, -0.15) is 0 Å². The van der Waals surface area contributed by atoms with Gasteiger partial charge in [-0.15, -0.1) is 0 Å². The fraction of sp³-hybridized carbons (Fsp3) is 0.350. The number of carbonyl (C=O) groups is 1. The van der Waals surface area contributed by atoms with Crippen LogP contribution in [0.1, 0.15) is 18.1 Å². The van der Waals surface area contributed by atoms with Gasteiger partial charge in [0.15, 0.2) is 0 Å². The number of carbonyl (C=O) groups excluding carboxylic acids is 1. The Bertz CT molecular complexity index is 733. The van der Waals surface area contributed by atoms with E-state index in [2.05, 4.69) is 5.32 Å². The van der Waals surface area contributed by atoms with Gasteiger partial charge in [-0.3, -0.25) is 9.69 Å². The first-order valence-electron chi connectivity index (χ1n) is 8.34. The molecular weight excluding hydrogens is 319 g/mol. The van der Waals surface area contributed by atoms with Gasteiger partial charge in [-0.25, -0.2) is 4.39 Å². The molecule has 2 aromatic carbocycles. The minimum absolute atomic E-state index is 0.174. The van der Waals surface area contributed by atoms with Crippen LogP contribution in [0.3, 0.4) is 0 Å². The molecule has 1 N–H and O–H groups in total. The number of nitrogens with zero attached hydrogens (tertiary/aromatic N) is 1. The highest BCUT2D eigenvalue weighted by molar-refractivity contribution is 5.95. The summed E-state index contributed by atoms with van der Waals surface area (Å²) < 4.78 is 19.1. The van der Waals surface area contributed by atoms with Crippen molar-refractivity contribution in [2.45, 2.75) is 26.8 Å². The molecule has 0 spiro atoms. The molecule has 134 valence electrons. The minimum atomic E-state index is -0.367. The summed E-state index contributed by atoms with van der Waals surface area (Å²) in [6, 6.07) is 11.8. The zero-order valence-electron chi connectivity index (χ0n) is 15.2. The fourth-order valence-corrected chi connectivity index (χ4v) is 2.38. The second-order valence-electron chi connectivity index (χ2n) is 6.22. The van der Waals surface area contributed by atoms with Gasteiger partial charge in [0.25, 0.3) is 0 Å². The third kappa shape index (κ3) is 5.29. The van der Waals surface area contributed by atoms with E-state index in [0.29, 0.717) is 18.8 Å². The van der Waals surface area contributed by atoms with E-state index in [1.807, 2.05) is 57.0 Å². The second kappa shape index (κ2) is 8.62. The van der Waals surface area contributed by atoms with Gasteiger partial charge in [0.2, 0.25) is 5.91 Å². The number of rotatable bonds is 7. The van der Waals surface area contributed by atoms with Crippen molar-refractivity contribution in [3.8, 4) is 5.75 Å². The lowest BCUT2D eigenvalue weighted by atomic mass is 10.2. The molecule has 0 saturated heterocycles. The van der Waals surface area contributed by atoms with Crippen LogP contribution >= 0.6 is 0 Å². The minimum Gasteiger partial charge on any atom is -0.492 e. The number of benzene rings is 2. The maximum absolute atomic E-state index is 13.3. The number of halogens is 1. The first-order valence-corrected chi connectivity index (χ1v) is 8.34. The van der Waals surface area contributed by atoms with Crippen molar-refractivity contribution >= 4 is 11.6 Å². The van der Waals surface area contributed by atoms with Crippen molar-refractivity contribution in [2.24, 2.45) is 0 Å². The Morgan fingerprint density at radius 1 is 1.20 bits per heavy atom. The molecule has 5 heteroatoms. The molecule has 0 heterocycles.